The van der Waals surface area contributed by atoms with E-state index in [1.54, 1.807) is 6.20 Å². The molecule has 1 N–H and O–H groups in total. The molecule has 1 unspecified atom stereocenters. The van der Waals surface area contributed by atoms with Crippen LogP contribution in [-0.4, -0.2) is 77.4 Å². The van der Waals surface area contributed by atoms with E-state index < -0.39 is 0 Å². The quantitative estimate of drug-likeness (QED) is 0.764. The molecular formula is C22H30N6O2S. The summed E-state index contributed by atoms with van der Waals surface area (Å²) >= 11 is 1.50. The Morgan fingerprint density at radius 1 is 1.16 bits per heavy atom. The molecule has 166 valence electrons. The summed E-state index contributed by atoms with van der Waals surface area (Å²) < 4.78 is 0. The number of carbonyl (C=O) groups is 2. The van der Waals surface area contributed by atoms with Crippen molar-refractivity contribution >= 4 is 34.1 Å². The number of thiazole rings is 1. The van der Waals surface area contributed by atoms with Gasteiger partial charge in [-0.1, -0.05) is 6.07 Å². The van der Waals surface area contributed by atoms with Crippen LogP contribution in [0.1, 0.15) is 23.4 Å². The molecule has 0 bridgehead atoms. The second-order valence-corrected chi connectivity index (χ2v) is 9.49. The fourth-order valence-electron chi connectivity index (χ4n) is 4.24. The standard InChI is InChI=1S/C22H30N6O2S/c1-16-17(2)31-22(24-16)25-20(29)15-26-9-5-6-18(14-26)21(30)28-12-10-27(11-13-28)19-7-3-4-8-23-19/h3-4,7-8,18H,5-6,9-15H2,1-2H3,(H,24,25,29). The lowest BCUT2D eigenvalue weighted by Crippen LogP contribution is -2.53. The van der Waals surface area contributed by atoms with E-state index in [2.05, 4.69) is 25.1 Å². The molecule has 2 aromatic rings. The van der Waals surface area contributed by atoms with E-state index in [1.165, 1.54) is 11.3 Å². The fraction of sp³-hybridized carbons (Fsp3) is 0.545. The summed E-state index contributed by atoms with van der Waals surface area (Å²) in [6.45, 7) is 8.77. The number of anilines is 2. The second-order valence-electron chi connectivity index (χ2n) is 8.28. The first-order chi connectivity index (χ1) is 15.0. The van der Waals surface area contributed by atoms with Crippen molar-refractivity contribution in [3.63, 3.8) is 0 Å². The Bertz CT molecular complexity index is 890. The molecule has 8 nitrogen and oxygen atoms in total. The van der Waals surface area contributed by atoms with Crippen molar-refractivity contribution in [3.8, 4) is 0 Å². The lowest BCUT2D eigenvalue weighted by Gasteiger charge is -2.39. The molecule has 1 atom stereocenters. The molecule has 2 fully saturated rings. The van der Waals surface area contributed by atoms with Gasteiger partial charge in [-0.05, 0) is 45.4 Å². The van der Waals surface area contributed by atoms with Crippen molar-refractivity contribution in [1.82, 2.24) is 19.8 Å². The van der Waals surface area contributed by atoms with Crippen molar-refractivity contribution in [2.45, 2.75) is 26.7 Å². The monoisotopic (exact) mass is 442 g/mol. The Kier molecular flexibility index (Phi) is 6.82. The lowest BCUT2D eigenvalue weighted by atomic mass is 9.96. The molecule has 0 saturated carbocycles. The Balaban J connectivity index is 1.26. The van der Waals surface area contributed by atoms with Crippen LogP contribution in [0, 0.1) is 19.8 Å². The molecule has 0 radical (unpaired) electrons. The number of hydrogen-bond donors (Lipinski definition) is 1. The van der Waals surface area contributed by atoms with Crippen molar-refractivity contribution in [3.05, 3.63) is 35.0 Å². The summed E-state index contributed by atoms with van der Waals surface area (Å²) in [5.41, 5.74) is 0.951. The minimum atomic E-state index is -0.0641. The van der Waals surface area contributed by atoms with Crippen LogP contribution in [0.25, 0.3) is 0 Å². The SMILES string of the molecule is Cc1nc(NC(=O)CN2CCCC(C(=O)N3CCN(c4ccccn4)CC3)C2)sc1C. The average molecular weight is 443 g/mol. The van der Waals surface area contributed by atoms with Gasteiger partial charge in [0, 0.05) is 43.8 Å². The molecule has 2 aromatic heterocycles. The van der Waals surface area contributed by atoms with Gasteiger partial charge >= 0.3 is 0 Å². The van der Waals surface area contributed by atoms with Crippen LogP contribution >= 0.6 is 11.3 Å². The van der Waals surface area contributed by atoms with Crippen molar-refractivity contribution in [2.75, 3.05) is 56.0 Å². The Labute approximate surface area is 187 Å². The normalized spacial score (nSPS) is 20.0. The maximum absolute atomic E-state index is 13.1. The van der Waals surface area contributed by atoms with Crippen LogP contribution in [0.3, 0.4) is 0 Å². The number of piperidine rings is 1. The number of amides is 2. The van der Waals surface area contributed by atoms with E-state index in [-0.39, 0.29) is 17.7 Å². The highest BCUT2D eigenvalue weighted by molar-refractivity contribution is 7.15. The molecule has 0 spiro atoms. The predicted molar refractivity (Wildman–Crippen MR) is 122 cm³/mol. The van der Waals surface area contributed by atoms with Gasteiger partial charge in [-0.25, -0.2) is 9.97 Å². The van der Waals surface area contributed by atoms with E-state index in [0.29, 0.717) is 18.2 Å². The maximum atomic E-state index is 13.1. The third-order valence-electron chi connectivity index (χ3n) is 6.06. The molecule has 9 heteroatoms. The number of aryl methyl sites for hydroxylation is 2. The van der Waals surface area contributed by atoms with Gasteiger partial charge in [0.15, 0.2) is 5.13 Å². The number of carbonyl (C=O) groups excluding carboxylic acids is 2. The zero-order chi connectivity index (χ0) is 21.8. The molecule has 2 aliphatic rings. The molecular weight excluding hydrogens is 412 g/mol. The summed E-state index contributed by atoms with van der Waals surface area (Å²) in [7, 11) is 0. The van der Waals surface area contributed by atoms with E-state index in [0.717, 1.165) is 62.0 Å². The zero-order valence-corrected chi connectivity index (χ0v) is 19.0. The summed E-state index contributed by atoms with van der Waals surface area (Å²) in [4.78, 5) is 41.8. The Hall–Kier alpha value is -2.52. The molecule has 4 heterocycles. The predicted octanol–water partition coefficient (Wildman–Crippen LogP) is 2.15. The van der Waals surface area contributed by atoms with Crippen molar-refractivity contribution < 1.29 is 9.59 Å². The van der Waals surface area contributed by atoms with Crippen LogP contribution in [0.5, 0.6) is 0 Å². The van der Waals surface area contributed by atoms with Gasteiger partial charge in [0.05, 0.1) is 18.2 Å². The zero-order valence-electron chi connectivity index (χ0n) is 18.2. The van der Waals surface area contributed by atoms with Crippen LogP contribution < -0.4 is 10.2 Å². The van der Waals surface area contributed by atoms with Crippen LogP contribution in [0.2, 0.25) is 0 Å². The number of nitrogens with zero attached hydrogens (tertiary/aromatic N) is 5. The number of likely N-dealkylation sites (tertiary alicyclic amines) is 1. The number of pyridine rings is 1. The van der Waals surface area contributed by atoms with Gasteiger partial charge in [-0.3, -0.25) is 14.5 Å². The van der Waals surface area contributed by atoms with Gasteiger partial charge in [0.2, 0.25) is 11.8 Å². The van der Waals surface area contributed by atoms with Gasteiger partial charge in [0.1, 0.15) is 5.82 Å². The van der Waals surface area contributed by atoms with Crippen LogP contribution in [-0.2, 0) is 9.59 Å². The molecule has 2 amide bonds. The fourth-order valence-corrected chi connectivity index (χ4v) is 5.07. The van der Waals surface area contributed by atoms with Crippen LogP contribution in [0.15, 0.2) is 24.4 Å². The summed E-state index contributed by atoms with van der Waals surface area (Å²) in [6, 6.07) is 5.91. The number of rotatable bonds is 5. The molecule has 2 aliphatic heterocycles. The van der Waals surface area contributed by atoms with E-state index in [1.807, 2.05) is 36.9 Å². The van der Waals surface area contributed by atoms with E-state index in [4.69, 9.17) is 0 Å². The minimum absolute atomic E-state index is 0.0349. The summed E-state index contributed by atoms with van der Waals surface area (Å²) in [6.07, 6.45) is 3.63. The lowest BCUT2D eigenvalue weighted by molar-refractivity contribution is -0.138. The highest BCUT2D eigenvalue weighted by Crippen LogP contribution is 2.23. The highest BCUT2D eigenvalue weighted by atomic mass is 32.1. The average Bonchev–Trinajstić information content (AvgIpc) is 3.10. The highest BCUT2D eigenvalue weighted by Gasteiger charge is 2.31. The van der Waals surface area contributed by atoms with Gasteiger partial charge in [0.25, 0.3) is 0 Å². The first-order valence-electron chi connectivity index (χ1n) is 10.9. The molecule has 2 saturated heterocycles. The molecule has 31 heavy (non-hydrogen) atoms. The smallest absolute Gasteiger partial charge is 0.240 e. The number of aromatic nitrogens is 2. The van der Waals surface area contributed by atoms with Gasteiger partial charge < -0.3 is 15.1 Å². The van der Waals surface area contributed by atoms with Crippen molar-refractivity contribution in [2.24, 2.45) is 5.92 Å². The maximum Gasteiger partial charge on any atom is 0.240 e. The Morgan fingerprint density at radius 3 is 2.65 bits per heavy atom. The van der Waals surface area contributed by atoms with E-state index >= 15 is 0 Å². The number of nitrogens with one attached hydrogen (secondary N) is 1. The molecule has 4 rings (SSSR count). The van der Waals surface area contributed by atoms with Gasteiger partial charge in [-0.15, -0.1) is 11.3 Å². The molecule has 0 aromatic carbocycles. The topological polar surface area (TPSA) is 81.7 Å². The first-order valence-corrected chi connectivity index (χ1v) is 11.7. The van der Waals surface area contributed by atoms with Gasteiger partial charge in [-0.2, -0.15) is 0 Å². The van der Waals surface area contributed by atoms with E-state index in [9.17, 15) is 9.59 Å². The first kappa shape index (κ1) is 21.7. The third kappa shape index (κ3) is 5.40. The third-order valence-corrected chi connectivity index (χ3v) is 7.05. The summed E-state index contributed by atoms with van der Waals surface area (Å²) in [5, 5.41) is 3.55. The second kappa shape index (κ2) is 9.74. The number of hydrogen-bond acceptors (Lipinski definition) is 7. The minimum Gasteiger partial charge on any atom is -0.353 e. The van der Waals surface area contributed by atoms with Crippen LogP contribution in [0.4, 0.5) is 10.9 Å². The summed E-state index contributed by atoms with van der Waals surface area (Å²) in [5.74, 6) is 1.09. The largest absolute Gasteiger partial charge is 0.353 e. The number of piperazine rings is 1. The molecule has 0 aliphatic carbocycles. The van der Waals surface area contributed by atoms with Crippen molar-refractivity contribution in [1.29, 1.82) is 0 Å². The Morgan fingerprint density at radius 2 is 1.97 bits per heavy atom.